The first-order chi connectivity index (χ1) is 11.6. The first-order valence-corrected chi connectivity index (χ1v) is 8.12. The quantitative estimate of drug-likeness (QED) is 0.744. The minimum atomic E-state index is -0.690. The summed E-state index contributed by atoms with van der Waals surface area (Å²) in [4.78, 5) is 29.0. The van der Waals surface area contributed by atoms with Crippen LogP contribution in [0.1, 0.15) is 16.6 Å². The molecule has 0 saturated carbocycles. The zero-order valence-corrected chi connectivity index (χ0v) is 13.7. The number of aromatic nitrogens is 3. The lowest BCUT2D eigenvalue weighted by molar-refractivity contribution is -0.117. The summed E-state index contributed by atoms with van der Waals surface area (Å²) in [5, 5.41) is 11.4. The molecule has 3 aromatic heterocycles. The van der Waals surface area contributed by atoms with Crippen molar-refractivity contribution in [3.8, 4) is 5.69 Å². The number of hydrogen-bond acceptors (Lipinski definition) is 5. The number of amides is 2. The average Bonchev–Trinajstić information content (AvgIpc) is 3.29. The van der Waals surface area contributed by atoms with Gasteiger partial charge in [0.05, 0.1) is 22.4 Å². The molecule has 3 heterocycles. The van der Waals surface area contributed by atoms with Gasteiger partial charge in [-0.05, 0) is 30.5 Å². The summed E-state index contributed by atoms with van der Waals surface area (Å²) in [5.41, 5.74) is 1.21. The highest BCUT2D eigenvalue weighted by molar-refractivity contribution is 7.12. The fourth-order valence-electron chi connectivity index (χ4n) is 2.08. The van der Waals surface area contributed by atoms with E-state index in [2.05, 4.69) is 20.7 Å². The molecule has 0 radical (unpaired) electrons. The molecule has 0 aliphatic carbocycles. The van der Waals surface area contributed by atoms with Crippen molar-refractivity contribution in [3.05, 3.63) is 59.3 Å². The first kappa shape index (κ1) is 15.9. The van der Waals surface area contributed by atoms with Crippen LogP contribution in [0.15, 0.2) is 54.4 Å². The van der Waals surface area contributed by atoms with Crippen molar-refractivity contribution in [3.63, 3.8) is 0 Å². The fraction of sp³-hybridized carbons (Fsp3) is 0.125. The number of carbonyl (C=O) groups is 2. The molecule has 1 atom stereocenters. The highest BCUT2D eigenvalue weighted by atomic mass is 32.1. The van der Waals surface area contributed by atoms with E-state index in [1.54, 1.807) is 60.7 Å². The Morgan fingerprint density at radius 1 is 1.25 bits per heavy atom. The van der Waals surface area contributed by atoms with Gasteiger partial charge in [-0.1, -0.05) is 6.07 Å². The van der Waals surface area contributed by atoms with Crippen molar-refractivity contribution in [2.24, 2.45) is 0 Å². The van der Waals surface area contributed by atoms with Crippen LogP contribution in [-0.4, -0.2) is 32.6 Å². The van der Waals surface area contributed by atoms with Crippen LogP contribution in [0, 0.1) is 0 Å². The number of nitrogens with zero attached hydrogens (tertiary/aromatic N) is 3. The molecule has 2 N–H and O–H groups in total. The van der Waals surface area contributed by atoms with Crippen molar-refractivity contribution in [1.82, 2.24) is 20.1 Å². The molecule has 122 valence electrons. The summed E-state index contributed by atoms with van der Waals surface area (Å²) in [5.74, 6) is -0.604. The molecule has 7 nitrogen and oxygen atoms in total. The van der Waals surface area contributed by atoms with Crippen LogP contribution in [0.25, 0.3) is 5.69 Å². The van der Waals surface area contributed by atoms with Crippen molar-refractivity contribution in [2.75, 3.05) is 5.32 Å². The number of carbonyl (C=O) groups excluding carboxylic acids is 2. The van der Waals surface area contributed by atoms with Gasteiger partial charge >= 0.3 is 0 Å². The Morgan fingerprint density at radius 2 is 2.12 bits per heavy atom. The van der Waals surface area contributed by atoms with Gasteiger partial charge in [-0.25, -0.2) is 4.68 Å². The van der Waals surface area contributed by atoms with Crippen molar-refractivity contribution in [1.29, 1.82) is 0 Å². The lowest BCUT2D eigenvalue weighted by Gasteiger charge is -2.15. The van der Waals surface area contributed by atoms with Crippen LogP contribution < -0.4 is 10.6 Å². The van der Waals surface area contributed by atoms with Gasteiger partial charge in [0, 0.05) is 18.6 Å². The van der Waals surface area contributed by atoms with E-state index in [1.165, 1.54) is 11.3 Å². The topological polar surface area (TPSA) is 88.9 Å². The lowest BCUT2D eigenvalue weighted by atomic mass is 10.2. The molecule has 0 saturated heterocycles. The Balaban J connectivity index is 1.70. The fourth-order valence-corrected chi connectivity index (χ4v) is 2.70. The third-order valence-electron chi connectivity index (χ3n) is 3.29. The summed E-state index contributed by atoms with van der Waals surface area (Å²) >= 11 is 1.32. The number of pyridine rings is 1. The van der Waals surface area contributed by atoms with E-state index in [1.807, 2.05) is 5.38 Å². The maximum Gasteiger partial charge on any atom is 0.261 e. The molecule has 8 heteroatoms. The molecule has 3 aromatic rings. The van der Waals surface area contributed by atoms with Crippen LogP contribution in [0.5, 0.6) is 0 Å². The second-order valence-corrected chi connectivity index (χ2v) is 5.95. The lowest BCUT2D eigenvalue weighted by Crippen LogP contribution is -2.41. The summed E-state index contributed by atoms with van der Waals surface area (Å²) in [6.07, 6.45) is 6.58. The molecule has 0 aliphatic rings. The van der Waals surface area contributed by atoms with Crippen LogP contribution >= 0.6 is 11.3 Å². The number of thiophene rings is 1. The van der Waals surface area contributed by atoms with E-state index < -0.39 is 6.04 Å². The van der Waals surface area contributed by atoms with Gasteiger partial charge in [0.15, 0.2) is 0 Å². The molecule has 0 spiro atoms. The molecular formula is C16H15N5O2S. The highest BCUT2D eigenvalue weighted by Crippen LogP contribution is 2.18. The van der Waals surface area contributed by atoms with E-state index in [-0.39, 0.29) is 11.8 Å². The SMILES string of the molecule is C[C@@H](NC(=O)c1cccs1)C(=O)Nc1cnccc1-n1cccn1. The molecule has 0 aliphatic heterocycles. The summed E-state index contributed by atoms with van der Waals surface area (Å²) < 4.78 is 1.63. The normalized spacial score (nSPS) is 11.7. The molecule has 0 bridgehead atoms. The second-order valence-electron chi connectivity index (χ2n) is 5.01. The third kappa shape index (κ3) is 3.49. The summed E-state index contributed by atoms with van der Waals surface area (Å²) in [7, 11) is 0. The smallest absolute Gasteiger partial charge is 0.261 e. The molecule has 0 fully saturated rings. The maximum absolute atomic E-state index is 12.4. The molecular weight excluding hydrogens is 326 g/mol. The first-order valence-electron chi connectivity index (χ1n) is 7.24. The molecule has 0 aromatic carbocycles. The van der Waals surface area contributed by atoms with Crippen molar-refractivity contribution in [2.45, 2.75) is 13.0 Å². The zero-order valence-electron chi connectivity index (χ0n) is 12.8. The molecule has 2 amide bonds. The van der Waals surface area contributed by atoms with E-state index in [0.717, 1.165) is 0 Å². The largest absolute Gasteiger partial charge is 0.340 e. The number of nitrogens with one attached hydrogen (secondary N) is 2. The van der Waals surface area contributed by atoms with Crippen molar-refractivity contribution >= 4 is 28.8 Å². The molecule has 3 rings (SSSR count). The van der Waals surface area contributed by atoms with Crippen molar-refractivity contribution < 1.29 is 9.59 Å². The van der Waals surface area contributed by atoms with Crippen LogP contribution in [0.2, 0.25) is 0 Å². The van der Waals surface area contributed by atoms with Gasteiger partial charge in [0.25, 0.3) is 5.91 Å². The minimum absolute atomic E-state index is 0.272. The number of rotatable bonds is 5. The zero-order chi connectivity index (χ0) is 16.9. The summed E-state index contributed by atoms with van der Waals surface area (Å²) in [6.45, 7) is 1.63. The monoisotopic (exact) mass is 341 g/mol. The maximum atomic E-state index is 12.4. The predicted molar refractivity (Wildman–Crippen MR) is 91.2 cm³/mol. The Kier molecular flexibility index (Phi) is 4.66. The van der Waals surface area contributed by atoms with Gasteiger partial charge in [-0.3, -0.25) is 14.6 Å². The van der Waals surface area contributed by atoms with Crippen LogP contribution in [-0.2, 0) is 4.79 Å². The minimum Gasteiger partial charge on any atom is -0.340 e. The van der Waals surface area contributed by atoms with Gasteiger partial charge in [-0.15, -0.1) is 11.3 Å². The van der Waals surface area contributed by atoms with E-state index in [0.29, 0.717) is 16.3 Å². The Hall–Kier alpha value is -3.00. The molecule has 24 heavy (non-hydrogen) atoms. The van der Waals surface area contributed by atoms with Gasteiger partial charge < -0.3 is 10.6 Å². The van der Waals surface area contributed by atoms with Gasteiger partial charge in [0.2, 0.25) is 5.91 Å². The van der Waals surface area contributed by atoms with E-state index in [9.17, 15) is 9.59 Å². The van der Waals surface area contributed by atoms with Gasteiger partial charge in [-0.2, -0.15) is 5.10 Å². The highest BCUT2D eigenvalue weighted by Gasteiger charge is 2.18. The Bertz CT molecular complexity index is 830. The Morgan fingerprint density at radius 3 is 2.83 bits per heavy atom. The van der Waals surface area contributed by atoms with Crippen LogP contribution in [0.4, 0.5) is 5.69 Å². The van der Waals surface area contributed by atoms with E-state index in [4.69, 9.17) is 0 Å². The third-order valence-corrected chi connectivity index (χ3v) is 4.16. The molecule has 0 unspecified atom stereocenters. The van der Waals surface area contributed by atoms with E-state index >= 15 is 0 Å². The summed E-state index contributed by atoms with van der Waals surface area (Å²) in [6, 6.07) is 6.34. The van der Waals surface area contributed by atoms with Crippen LogP contribution in [0.3, 0.4) is 0 Å². The standard InChI is InChI=1S/C16H15N5O2S/c1-11(19-16(23)14-4-2-9-24-14)15(22)20-12-10-17-7-5-13(12)21-8-3-6-18-21/h2-11H,1H3,(H,19,23)(H,20,22)/t11-/m1/s1. The second kappa shape index (κ2) is 7.05. The number of hydrogen-bond donors (Lipinski definition) is 2. The predicted octanol–water partition coefficient (Wildman–Crippen LogP) is 2.09. The number of anilines is 1. The van der Waals surface area contributed by atoms with Gasteiger partial charge in [0.1, 0.15) is 6.04 Å². The Labute approximate surface area is 142 Å². The average molecular weight is 341 g/mol.